The number of hydrogen-bond donors (Lipinski definition) is 1. The molecule has 1 heterocycles. The number of carbonyl (C=O) groups excluding carboxylic acids is 1. The van der Waals surface area contributed by atoms with Crippen LogP contribution in [0.5, 0.6) is 23.0 Å². The summed E-state index contributed by atoms with van der Waals surface area (Å²) in [6.45, 7) is 2.14. The van der Waals surface area contributed by atoms with Gasteiger partial charge in [0.25, 0.3) is 0 Å². The van der Waals surface area contributed by atoms with E-state index in [1.807, 2.05) is 37.3 Å². The fourth-order valence-electron chi connectivity index (χ4n) is 2.74. The minimum absolute atomic E-state index is 0.172. The zero-order valence-corrected chi connectivity index (χ0v) is 14.9. The average Bonchev–Trinajstić information content (AvgIpc) is 3.13. The molecule has 26 heavy (non-hydrogen) atoms. The van der Waals surface area contributed by atoms with Crippen molar-refractivity contribution in [1.29, 1.82) is 0 Å². The summed E-state index contributed by atoms with van der Waals surface area (Å²) in [5.74, 6) is 2.41. The van der Waals surface area contributed by atoms with Crippen molar-refractivity contribution >= 4 is 12.0 Å². The molecule has 1 aliphatic heterocycles. The van der Waals surface area contributed by atoms with Crippen molar-refractivity contribution in [3.05, 3.63) is 53.6 Å². The van der Waals surface area contributed by atoms with Gasteiger partial charge in [-0.3, -0.25) is 4.79 Å². The van der Waals surface area contributed by atoms with Gasteiger partial charge in [0.05, 0.1) is 20.3 Å². The van der Waals surface area contributed by atoms with Gasteiger partial charge < -0.3 is 24.3 Å². The number of amides is 1. The Bertz CT molecular complexity index is 831. The number of methoxy groups -OCH3 is 2. The van der Waals surface area contributed by atoms with Crippen molar-refractivity contribution in [2.75, 3.05) is 21.0 Å². The Balaban J connectivity index is 1.68. The molecule has 2 aromatic rings. The number of carbonyl (C=O) groups is 1. The number of para-hydroxylation sites is 1. The number of benzene rings is 2. The summed E-state index contributed by atoms with van der Waals surface area (Å²) in [6.07, 6.45) is 3.17. The Morgan fingerprint density at radius 1 is 1.15 bits per heavy atom. The van der Waals surface area contributed by atoms with Gasteiger partial charge in [-0.1, -0.05) is 18.2 Å². The topological polar surface area (TPSA) is 66.0 Å². The van der Waals surface area contributed by atoms with Gasteiger partial charge in [-0.2, -0.15) is 0 Å². The number of nitrogens with one attached hydrogen (secondary N) is 1. The first-order chi connectivity index (χ1) is 12.6. The number of hydrogen-bond acceptors (Lipinski definition) is 5. The molecule has 1 N–H and O–H groups in total. The van der Waals surface area contributed by atoms with E-state index >= 15 is 0 Å². The lowest BCUT2D eigenvalue weighted by molar-refractivity contribution is -0.117. The lowest BCUT2D eigenvalue weighted by Crippen LogP contribution is -2.24. The molecule has 136 valence electrons. The van der Waals surface area contributed by atoms with Crippen LogP contribution in [-0.4, -0.2) is 26.9 Å². The minimum atomic E-state index is -0.208. The van der Waals surface area contributed by atoms with E-state index in [4.69, 9.17) is 18.9 Å². The van der Waals surface area contributed by atoms with Gasteiger partial charge in [-0.25, -0.2) is 0 Å². The van der Waals surface area contributed by atoms with Crippen LogP contribution in [0.1, 0.15) is 24.1 Å². The van der Waals surface area contributed by atoms with Gasteiger partial charge in [-0.15, -0.1) is 0 Å². The van der Waals surface area contributed by atoms with Crippen LogP contribution in [0, 0.1) is 0 Å². The second kappa shape index (κ2) is 7.82. The van der Waals surface area contributed by atoms with Gasteiger partial charge in [0, 0.05) is 11.6 Å². The molecular formula is C20H21NO5. The molecule has 2 aromatic carbocycles. The Morgan fingerprint density at radius 3 is 2.73 bits per heavy atom. The lowest BCUT2D eigenvalue weighted by atomic mass is 10.1. The van der Waals surface area contributed by atoms with E-state index in [0.717, 1.165) is 16.9 Å². The average molecular weight is 355 g/mol. The maximum atomic E-state index is 12.3. The number of fused-ring (bicyclic) bond motifs is 1. The molecule has 6 nitrogen and oxygen atoms in total. The van der Waals surface area contributed by atoms with Crippen molar-refractivity contribution < 1.29 is 23.7 Å². The third-order valence-corrected chi connectivity index (χ3v) is 4.10. The molecule has 6 heteroatoms. The fourth-order valence-corrected chi connectivity index (χ4v) is 2.74. The second-order valence-corrected chi connectivity index (χ2v) is 5.76. The summed E-state index contributed by atoms with van der Waals surface area (Å²) >= 11 is 0. The summed E-state index contributed by atoms with van der Waals surface area (Å²) in [5.41, 5.74) is 1.70. The zero-order chi connectivity index (χ0) is 18.5. The summed E-state index contributed by atoms with van der Waals surface area (Å²) in [7, 11) is 3.14. The van der Waals surface area contributed by atoms with Gasteiger partial charge in [0.2, 0.25) is 12.7 Å². The molecular weight excluding hydrogens is 334 g/mol. The van der Waals surface area contributed by atoms with E-state index in [1.54, 1.807) is 26.4 Å². The van der Waals surface area contributed by atoms with E-state index in [-0.39, 0.29) is 18.7 Å². The standard InChI is InChI=1S/C20H21NO5/c1-13(15-7-9-16-18(11-15)26-12-25-16)21-19(22)10-8-14-5-4-6-17(23-2)20(14)24-3/h4-11,13H,12H2,1-3H3,(H,21,22). The van der Waals surface area contributed by atoms with Gasteiger partial charge in [0.15, 0.2) is 23.0 Å². The second-order valence-electron chi connectivity index (χ2n) is 5.76. The van der Waals surface area contributed by atoms with E-state index in [1.165, 1.54) is 6.08 Å². The molecule has 1 unspecified atom stereocenters. The van der Waals surface area contributed by atoms with Crippen molar-refractivity contribution in [1.82, 2.24) is 5.32 Å². The first-order valence-corrected chi connectivity index (χ1v) is 8.21. The number of rotatable bonds is 6. The van der Waals surface area contributed by atoms with Crippen LogP contribution in [-0.2, 0) is 4.79 Å². The molecule has 0 spiro atoms. The monoisotopic (exact) mass is 355 g/mol. The highest BCUT2D eigenvalue weighted by Gasteiger charge is 2.16. The highest BCUT2D eigenvalue weighted by molar-refractivity contribution is 5.92. The summed E-state index contributed by atoms with van der Waals surface area (Å²) in [4.78, 5) is 12.3. The van der Waals surface area contributed by atoms with Gasteiger partial charge in [-0.05, 0) is 36.8 Å². The quantitative estimate of drug-likeness (QED) is 0.805. The van der Waals surface area contributed by atoms with Crippen LogP contribution < -0.4 is 24.3 Å². The smallest absolute Gasteiger partial charge is 0.244 e. The van der Waals surface area contributed by atoms with E-state index in [2.05, 4.69) is 5.32 Å². The van der Waals surface area contributed by atoms with Crippen LogP contribution in [0.2, 0.25) is 0 Å². The van der Waals surface area contributed by atoms with Crippen LogP contribution in [0.25, 0.3) is 6.08 Å². The van der Waals surface area contributed by atoms with Gasteiger partial charge in [0.1, 0.15) is 0 Å². The van der Waals surface area contributed by atoms with Crippen molar-refractivity contribution in [3.8, 4) is 23.0 Å². The molecule has 0 aromatic heterocycles. The Morgan fingerprint density at radius 2 is 1.96 bits per heavy atom. The first kappa shape index (κ1) is 17.7. The SMILES string of the molecule is COc1cccc(C=CC(=O)NC(C)c2ccc3c(c2)OCO3)c1OC. The predicted octanol–water partition coefficient (Wildman–Crippen LogP) is 3.32. The molecule has 0 saturated carbocycles. The highest BCUT2D eigenvalue weighted by Crippen LogP contribution is 2.34. The molecule has 1 aliphatic rings. The van der Waals surface area contributed by atoms with Crippen LogP contribution in [0.3, 0.4) is 0 Å². The van der Waals surface area contributed by atoms with Crippen molar-refractivity contribution in [2.45, 2.75) is 13.0 Å². The van der Waals surface area contributed by atoms with Crippen molar-refractivity contribution in [2.24, 2.45) is 0 Å². The lowest BCUT2D eigenvalue weighted by Gasteiger charge is -2.13. The molecule has 3 rings (SSSR count). The molecule has 0 fully saturated rings. The van der Waals surface area contributed by atoms with E-state index < -0.39 is 0 Å². The summed E-state index contributed by atoms with van der Waals surface area (Å²) in [5, 5.41) is 2.93. The highest BCUT2D eigenvalue weighted by atomic mass is 16.7. The molecule has 0 radical (unpaired) electrons. The van der Waals surface area contributed by atoms with E-state index in [9.17, 15) is 4.79 Å². The fraction of sp³-hybridized carbons (Fsp3) is 0.250. The maximum Gasteiger partial charge on any atom is 0.244 e. The third-order valence-electron chi connectivity index (χ3n) is 4.10. The largest absolute Gasteiger partial charge is 0.493 e. The molecule has 0 aliphatic carbocycles. The normalized spacial score (nSPS) is 13.5. The zero-order valence-electron chi connectivity index (χ0n) is 14.9. The first-order valence-electron chi connectivity index (χ1n) is 8.21. The van der Waals surface area contributed by atoms with Crippen molar-refractivity contribution in [3.63, 3.8) is 0 Å². The summed E-state index contributed by atoms with van der Waals surface area (Å²) in [6, 6.07) is 11.0. The van der Waals surface area contributed by atoms with Crippen LogP contribution in [0.15, 0.2) is 42.5 Å². The van der Waals surface area contributed by atoms with Crippen LogP contribution in [0.4, 0.5) is 0 Å². The Hall–Kier alpha value is -3.15. The van der Waals surface area contributed by atoms with Gasteiger partial charge >= 0.3 is 0 Å². The predicted molar refractivity (Wildman–Crippen MR) is 97.7 cm³/mol. The number of ether oxygens (including phenoxy) is 4. The molecule has 1 atom stereocenters. The van der Waals surface area contributed by atoms with Crippen LogP contribution >= 0.6 is 0 Å². The third kappa shape index (κ3) is 3.74. The summed E-state index contributed by atoms with van der Waals surface area (Å²) < 4.78 is 21.3. The minimum Gasteiger partial charge on any atom is -0.493 e. The molecule has 0 bridgehead atoms. The molecule has 1 amide bonds. The Labute approximate surface area is 152 Å². The molecule has 0 saturated heterocycles. The maximum absolute atomic E-state index is 12.3. The van der Waals surface area contributed by atoms with E-state index in [0.29, 0.717) is 17.2 Å². The Kier molecular flexibility index (Phi) is 5.31.